The Morgan fingerprint density at radius 2 is 2.45 bits per heavy atom. The molecule has 0 aliphatic carbocycles. The molecule has 0 aromatic carbocycles. The van der Waals surface area contributed by atoms with Crippen molar-refractivity contribution in [2.75, 3.05) is 6.61 Å². The summed E-state index contributed by atoms with van der Waals surface area (Å²) in [5.41, 5.74) is 0.665. The van der Waals surface area contributed by atoms with Crippen LogP contribution in [-0.2, 0) is 9.53 Å². The highest BCUT2D eigenvalue weighted by atomic mass is 16.5. The number of rotatable bonds is 3. The molecule has 2 nitrogen and oxygen atoms in total. The van der Waals surface area contributed by atoms with Gasteiger partial charge in [0.1, 0.15) is 0 Å². The lowest BCUT2D eigenvalue weighted by Gasteiger charge is -2.03. The van der Waals surface area contributed by atoms with Crippen LogP contribution in [-0.4, -0.2) is 12.6 Å². The summed E-state index contributed by atoms with van der Waals surface area (Å²) in [6.07, 6.45) is 3.36. The molecule has 0 amide bonds. The fourth-order valence-electron chi connectivity index (χ4n) is 1.24. The molecule has 62 valence electrons. The van der Waals surface area contributed by atoms with E-state index in [1.165, 1.54) is 0 Å². The maximum absolute atomic E-state index is 10.8. The standard InChI is InChI=1S/C9H14O2/c1-3-4-5-8-6-11-9(10)7(8)2/h8H,2-6H2,1H3. The lowest BCUT2D eigenvalue weighted by molar-refractivity contribution is -0.135. The van der Waals surface area contributed by atoms with Crippen LogP contribution in [0, 0.1) is 5.92 Å². The van der Waals surface area contributed by atoms with Crippen LogP contribution in [0.2, 0.25) is 0 Å². The van der Waals surface area contributed by atoms with E-state index in [0.29, 0.717) is 18.1 Å². The van der Waals surface area contributed by atoms with Crippen LogP contribution in [0.4, 0.5) is 0 Å². The average molecular weight is 154 g/mol. The third-order valence-electron chi connectivity index (χ3n) is 2.08. The van der Waals surface area contributed by atoms with Gasteiger partial charge in [0.05, 0.1) is 6.61 Å². The molecule has 2 heteroatoms. The van der Waals surface area contributed by atoms with E-state index in [9.17, 15) is 4.79 Å². The smallest absolute Gasteiger partial charge is 0.333 e. The van der Waals surface area contributed by atoms with Crippen molar-refractivity contribution in [2.24, 2.45) is 5.92 Å². The number of cyclic esters (lactones) is 1. The van der Waals surface area contributed by atoms with Crippen molar-refractivity contribution < 1.29 is 9.53 Å². The molecule has 11 heavy (non-hydrogen) atoms. The van der Waals surface area contributed by atoms with Crippen LogP contribution in [0.1, 0.15) is 26.2 Å². The average Bonchev–Trinajstić information content (AvgIpc) is 2.31. The second-order valence-electron chi connectivity index (χ2n) is 2.96. The van der Waals surface area contributed by atoms with Gasteiger partial charge in [0.2, 0.25) is 0 Å². The first kappa shape index (κ1) is 8.31. The first-order valence-electron chi connectivity index (χ1n) is 4.11. The monoisotopic (exact) mass is 154 g/mol. The molecule has 1 unspecified atom stereocenters. The molecule has 1 aliphatic heterocycles. The Morgan fingerprint density at radius 3 is 2.91 bits per heavy atom. The van der Waals surface area contributed by atoms with E-state index in [4.69, 9.17) is 4.74 Å². The minimum Gasteiger partial charge on any atom is -0.462 e. The number of carbonyl (C=O) groups is 1. The van der Waals surface area contributed by atoms with Crippen molar-refractivity contribution in [3.05, 3.63) is 12.2 Å². The van der Waals surface area contributed by atoms with Crippen LogP contribution in [0.25, 0.3) is 0 Å². The summed E-state index contributed by atoms with van der Waals surface area (Å²) in [5, 5.41) is 0. The molecule has 0 radical (unpaired) electrons. The van der Waals surface area contributed by atoms with Crippen LogP contribution < -0.4 is 0 Å². The Hall–Kier alpha value is -0.790. The molecule has 1 rings (SSSR count). The number of carbonyl (C=O) groups excluding carboxylic acids is 1. The highest BCUT2D eigenvalue weighted by Crippen LogP contribution is 2.24. The molecule has 1 aliphatic rings. The largest absolute Gasteiger partial charge is 0.462 e. The summed E-state index contributed by atoms with van der Waals surface area (Å²) in [7, 11) is 0. The maximum Gasteiger partial charge on any atom is 0.333 e. The fraction of sp³-hybridized carbons (Fsp3) is 0.667. The molecule has 1 saturated heterocycles. The van der Waals surface area contributed by atoms with Crippen molar-refractivity contribution in [2.45, 2.75) is 26.2 Å². The predicted octanol–water partition coefficient (Wildman–Crippen LogP) is 1.91. The maximum atomic E-state index is 10.8. The molecule has 1 fully saturated rings. The second-order valence-corrected chi connectivity index (χ2v) is 2.96. The van der Waals surface area contributed by atoms with Gasteiger partial charge in [0.25, 0.3) is 0 Å². The fourth-order valence-corrected chi connectivity index (χ4v) is 1.24. The third-order valence-corrected chi connectivity index (χ3v) is 2.08. The SMILES string of the molecule is C=C1C(=O)OCC1CCCC. The lowest BCUT2D eigenvalue weighted by Crippen LogP contribution is -2.01. The number of ether oxygens (including phenoxy) is 1. The van der Waals surface area contributed by atoms with E-state index in [1.807, 2.05) is 0 Å². The summed E-state index contributed by atoms with van der Waals surface area (Å²) >= 11 is 0. The summed E-state index contributed by atoms with van der Waals surface area (Å²) in [5.74, 6) is 0.0913. The van der Waals surface area contributed by atoms with Gasteiger partial charge in [-0.05, 0) is 6.42 Å². The number of esters is 1. The molecule has 0 N–H and O–H groups in total. The molecule has 0 spiro atoms. The van der Waals surface area contributed by atoms with Crippen molar-refractivity contribution in [3.63, 3.8) is 0 Å². The van der Waals surface area contributed by atoms with Crippen molar-refractivity contribution in [1.29, 1.82) is 0 Å². The molecule has 0 bridgehead atoms. The van der Waals surface area contributed by atoms with Gasteiger partial charge in [-0.3, -0.25) is 0 Å². The van der Waals surface area contributed by atoms with E-state index in [0.717, 1.165) is 19.3 Å². The Bertz CT molecular complexity index is 172. The number of hydrogen-bond donors (Lipinski definition) is 0. The molecule has 0 saturated carbocycles. The van der Waals surface area contributed by atoms with Crippen molar-refractivity contribution in [3.8, 4) is 0 Å². The zero-order valence-corrected chi connectivity index (χ0v) is 6.93. The van der Waals surface area contributed by atoms with Gasteiger partial charge < -0.3 is 4.74 Å². The van der Waals surface area contributed by atoms with Crippen LogP contribution in [0.3, 0.4) is 0 Å². The number of hydrogen-bond acceptors (Lipinski definition) is 2. The Kier molecular flexibility index (Phi) is 2.69. The lowest BCUT2D eigenvalue weighted by atomic mass is 9.98. The van der Waals surface area contributed by atoms with E-state index >= 15 is 0 Å². The van der Waals surface area contributed by atoms with Crippen molar-refractivity contribution >= 4 is 5.97 Å². The summed E-state index contributed by atoms with van der Waals surface area (Å²) < 4.78 is 4.84. The summed E-state index contributed by atoms with van der Waals surface area (Å²) in [4.78, 5) is 10.8. The van der Waals surface area contributed by atoms with Crippen LogP contribution in [0.15, 0.2) is 12.2 Å². The minimum atomic E-state index is -0.203. The van der Waals surface area contributed by atoms with Gasteiger partial charge in [0, 0.05) is 11.5 Å². The molecule has 1 atom stereocenters. The molecule has 0 aromatic rings. The highest BCUT2D eigenvalue weighted by molar-refractivity contribution is 5.90. The Morgan fingerprint density at radius 1 is 1.73 bits per heavy atom. The van der Waals surface area contributed by atoms with E-state index < -0.39 is 0 Å². The molecule has 0 aromatic heterocycles. The van der Waals surface area contributed by atoms with E-state index in [1.54, 1.807) is 0 Å². The first-order valence-corrected chi connectivity index (χ1v) is 4.11. The summed E-state index contributed by atoms with van der Waals surface area (Å²) in [6, 6.07) is 0. The van der Waals surface area contributed by atoms with Crippen LogP contribution in [0.5, 0.6) is 0 Å². The zero-order chi connectivity index (χ0) is 8.27. The van der Waals surface area contributed by atoms with Gasteiger partial charge in [-0.1, -0.05) is 26.3 Å². The summed E-state index contributed by atoms with van der Waals surface area (Å²) in [6.45, 7) is 6.39. The van der Waals surface area contributed by atoms with Crippen molar-refractivity contribution in [1.82, 2.24) is 0 Å². The second kappa shape index (κ2) is 3.56. The first-order chi connectivity index (χ1) is 5.25. The van der Waals surface area contributed by atoms with E-state index in [-0.39, 0.29) is 5.97 Å². The topological polar surface area (TPSA) is 26.3 Å². The van der Waals surface area contributed by atoms with Crippen LogP contribution >= 0.6 is 0 Å². The zero-order valence-electron chi connectivity index (χ0n) is 6.93. The molecular formula is C9H14O2. The third kappa shape index (κ3) is 1.82. The Balaban J connectivity index is 2.36. The van der Waals surface area contributed by atoms with Gasteiger partial charge >= 0.3 is 5.97 Å². The van der Waals surface area contributed by atoms with Gasteiger partial charge in [-0.25, -0.2) is 4.79 Å². The molecule has 1 heterocycles. The minimum absolute atomic E-state index is 0.203. The van der Waals surface area contributed by atoms with Gasteiger partial charge in [-0.15, -0.1) is 0 Å². The normalized spacial score (nSPS) is 23.9. The number of unbranched alkanes of at least 4 members (excludes halogenated alkanes) is 1. The Labute approximate surface area is 67.2 Å². The molecular weight excluding hydrogens is 140 g/mol. The quantitative estimate of drug-likeness (QED) is 0.458. The van der Waals surface area contributed by atoms with E-state index in [2.05, 4.69) is 13.5 Å². The van der Waals surface area contributed by atoms with Gasteiger partial charge in [-0.2, -0.15) is 0 Å². The predicted molar refractivity (Wildman–Crippen MR) is 43.1 cm³/mol. The highest BCUT2D eigenvalue weighted by Gasteiger charge is 2.27. The van der Waals surface area contributed by atoms with Gasteiger partial charge in [0.15, 0.2) is 0 Å².